The molecule has 0 aromatic heterocycles. The molecule has 1 unspecified atom stereocenters. The molecule has 0 heterocycles. The van der Waals surface area contributed by atoms with Crippen molar-refractivity contribution in [2.45, 2.75) is 19.8 Å². The van der Waals surface area contributed by atoms with E-state index >= 15 is 0 Å². The quantitative estimate of drug-likeness (QED) is 0.561. The second-order valence-corrected chi connectivity index (χ2v) is 5.72. The monoisotopic (exact) mass is 242 g/mol. The first-order valence-corrected chi connectivity index (χ1v) is 6.96. The largest absolute Gasteiger partial charge is 0.322 e. The van der Waals surface area contributed by atoms with Gasteiger partial charge in [0.2, 0.25) is 0 Å². The molecule has 1 aromatic rings. The van der Waals surface area contributed by atoms with E-state index in [9.17, 15) is 8.96 Å². The van der Waals surface area contributed by atoms with Crippen LogP contribution in [-0.2, 0) is 9.09 Å². The highest BCUT2D eigenvalue weighted by atomic mass is 31.2. The number of hydrogen-bond donors (Lipinski definition) is 0. The van der Waals surface area contributed by atoms with E-state index in [2.05, 4.69) is 6.58 Å². The van der Waals surface area contributed by atoms with Crippen LogP contribution in [-0.4, -0.2) is 6.61 Å². The van der Waals surface area contributed by atoms with Gasteiger partial charge >= 0.3 is 0 Å². The fraction of sp³-hybridized carbons (Fsp3) is 0.333. The van der Waals surface area contributed by atoms with Gasteiger partial charge in [0.25, 0.3) is 7.37 Å². The lowest BCUT2D eigenvalue weighted by Crippen LogP contribution is -2.10. The summed E-state index contributed by atoms with van der Waals surface area (Å²) in [5.41, 5.74) is 0. The number of halogens is 1. The van der Waals surface area contributed by atoms with Gasteiger partial charge in [0.1, 0.15) is 5.82 Å². The van der Waals surface area contributed by atoms with Crippen molar-refractivity contribution < 1.29 is 13.5 Å². The fourth-order valence-corrected chi connectivity index (χ4v) is 2.78. The summed E-state index contributed by atoms with van der Waals surface area (Å²) in [6.45, 7) is 5.83. The van der Waals surface area contributed by atoms with Crippen LogP contribution in [0.1, 0.15) is 19.8 Å². The van der Waals surface area contributed by atoms with Gasteiger partial charge in [-0.15, -0.1) is 0 Å². The predicted molar refractivity (Wildman–Crippen MR) is 64.7 cm³/mol. The summed E-state index contributed by atoms with van der Waals surface area (Å²) in [7, 11) is -3.23. The molecule has 0 bridgehead atoms. The van der Waals surface area contributed by atoms with Crippen molar-refractivity contribution in [2.24, 2.45) is 0 Å². The van der Waals surface area contributed by atoms with Gasteiger partial charge in [0, 0.05) is 0 Å². The zero-order chi connectivity index (χ0) is 12.0. The van der Waals surface area contributed by atoms with Gasteiger partial charge in [0.05, 0.1) is 11.9 Å². The first-order chi connectivity index (χ1) is 7.64. The third kappa shape index (κ3) is 3.03. The molecule has 16 heavy (non-hydrogen) atoms. The highest BCUT2D eigenvalue weighted by Gasteiger charge is 2.24. The summed E-state index contributed by atoms with van der Waals surface area (Å²) in [5, 5.41) is 0.0982. The molecule has 1 aromatic carbocycles. The Hall–Kier alpha value is -0.920. The van der Waals surface area contributed by atoms with Crippen molar-refractivity contribution in [3.63, 3.8) is 0 Å². The normalized spacial score (nSPS) is 14.4. The maximum atomic E-state index is 13.5. The number of rotatable bonds is 6. The summed E-state index contributed by atoms with van der Waals surface area (Å²) in [6, 6.07) is 5.94. The molecule has 0 aliphatic rings. The van der Waals surface area contributed by atoms with E-state index in [1.165, 1.54) is 17.9 Å². The smallest absolute Gasteiger partial charge is 0.256 e. The number of unbranched alkanes of at least 4 members (excludes halogenated alkanes) is 1. The fourth-order valence-electron chi connectivity index (χ4n) is 1.27. The molecule has 0 spiro atoms. The van der Waals surface area contributed by atoms with Crippen molar-refractivity contribution >= 4 is 12.7 Å². The Morgan fingerprint density at radius 3 is 2.75 bits per heavy atom. The van der Waals surface area contributed by atoms with Crippen LogP contribution in [0, 0.1) is 5.82 Å². The molecule has 0 aliphatic heterocycles. The molecule has 4 heteroatoms. The van der Waals surface area contributed by atoms with Crippen molar-refractivity contribution in [3.05, 3.63) is 42.5 Å². The SMILES string of the molecule is C=CP(=O)(OCCCC)c1ccccc1F. The molecule has 1 rings (SSSR count). The summed E-state index contributed by atoms with van der Waals surface area (Å²) in [4.78, 5) is 0. The van der Waals surface area contributed by atoms with E-state index in [0.717, 1.165) is 12.8 Å². The van der Waals surface area contributed by atoms with E-state index in [4.69, 9.17) is 4.52 Å². The van der Waals surface area contributed by atoms with Crippen molar-refractivity contribution in [2.75, 3.05) is 6.61 Å². The highest BCUT2D eigenvalue weighted by molar-refractivity contribution is 7.70. The molecule has 0 N–H and O–H groups in total. The Morgan fingerprint density at radius 2 is 2.19 bits per heavy atom. The lowest BCUT2D eigenvalue weighted by molar-refractivity contribution is 0.317. The van der Waals surface area contributed by atoms with Crippen LogP contribution in [0.3, 0.4) is 0 Å². The van der Waals surface area contributed by atoms with Crippen LogP contribution in [0.4, 0.5) is 4.39 Å². The van der Waals surface area contributed by atoms with Crippen molar-refractivity contribution in [3.8, 4) is 0 Å². The van der Waals surface area contributed by atoms with Crippen LogP contribution in [0.15, 0.2) is 36.7 Å². The van der Waals surface area contributed by atoms with Crippen molar-refractivity contribution in [1.29, 1.82) is 0 Å². The van der Waals surface area contributed by atoms with E-state index in [1.54, 1.807) is 12.1 Å². The van der Waals surface area contributed by atoms with Crippen LogP contribution < -0.4 is 5.30 Å². The molecular weight excluding hydrogens is 226 g/mol. The maximum Gasteiger partial charge on any atom is 0.256 e. The maximum absolute atomic E-state index is 13.5. The van der Waals surface area contributed by atoms with Gasteiger partial charge in [-0.05, 0) is 24.4 Å². The van der Waals surface area contributed by atoms with Gasteiger partial charge in [-0.1, -0.05) is 32.1 Å². The Balaban J connectivity index is 2.92. The van der Waals surface area contributed by atoms with Crippen LogP contribution in [0.2, 0.25) is 0 Å². The third-order valence-electron chi connectivity index (χ3n) is 2.21. The molecule has 0 amide bonds. The van der Waals surface area contributed by atoms with Gasteiger partial charge in [-0.2, -0.15) is 0 Å². The molecular formula is C12H16FO2P. The van der Waals surface area contributed by atoms with Gasteiger partial charge in [-0.3, -0.25) is 4.57 Å². The average Bonchev–Trinajstić information content (AvgIpc) is 2.30. The first kappa shape index (κ1) is 13.1. The lowest BCUT2D eigenvalue weighted by Gasteiger charge is -2.15. The summed E-state index contributed by atoms with van der Waals surface area (Å²) in [6.07, 6.45) is 1.74. The van der Waals surface area contributed by atoms with Gasteiger partial charge in [-0.25, -0.2) is 4.39 Å². The summed E-state index contributed by atoms with van der Waals surface area (Å²) in [5.74, 6) is 0.698. The molecule has 0 aliphatic carbocycles. The van der Waals surface area contributed by atoms with E-state index in [1.807, 2.05) is 6.92 Å². The number of benzene rings is 1. The minimum Gasteiger partial charge on any atom is -0.322 e. The lowest BCUT2D eigenvalue weighted by atomic mass is 10.3. The second kappa shape index (κ2) is 5.97. The second-order valence-electron chi connectivity index (χ2n) is 3.42. The van der Waals surface area contributed by atoms with E-state index in [-0.39, 0.29) is 5.30 Å². The van der Waals surface area contributed by atoms with E-state index in [0.29, 0.717) is 6.61 Å². The topological polar surface area (TPSA) is 26.3 Å². The minimum atomic E-state index is -3.23. The Bertz CT molecular complexity index is 404. The molecule has 2 nitrogen and oxygen atoms in total. The Kier molecular flexibility index (Phi) is 4.91. The first-order valence-electron chi connectivity index (χ1n) is 5.27. The third-order valence-corrected chi connectivity index (χ3v) is 4.29. The number of hydrogen-bond acceptors (Lipinski definition) is 2. The molecule has 1 atom stereocenters. The summed E-state index contributed by atoms with van der Waals surface area (Å²) < 4.78 is 31.1. The molecule has 0 radical (unpaired) electrons. The summed E-state index contributed by atoms with van der Waals surface area (Å²) >= 11 is 0. The van der Waals surface area contributed by atoms with Crippen molar-refractivity contribution in [1.82, 2.24) is 0 Å². The highest BCUT2D eigenvalue weighted by Crippen LogP contribution is 2.47. The standard InChI is InChI=1S/C12H16FO2P/c1-3-5-10-15-16(14,4-2)12-9-7-6-8-11(12)13/h4,6-9H,2-3,5,10H2,1H3. The molecule has 0 fully saturated rings. The van der Waals surface area contributed by atoms with Gasteiger partial charge < -0.3 is 4.52 Å². The minimum absolute atomic E-state index is 0.0982. The van der Waals surface area contributed by atoms with E-state index < -0.39 is 13.2 Å². The molecule has 0 saturated carbocycles. The van der Waals surface area contributed by atoms with Gasteiger partial charge in [0.15, 0.2) is 0 Å². The van der Waals surface area contributed by atoms with Crippen LogP contribution in [0.5, 0.6) is 0 Å². The van der Waals surface area contributed by atoms with Crippen LogP contribution in [0.25, 0.3) is 0 Å². The zero-order valence-corrected chi connectivity index (χ0v) is 10.3. The average molecular weight is 242 g/mol. The predicted octanol–water partition coefficient (Wildman–Crippen LogP) is 3.69. The molecule has 88 valence electrons. The zero-order valence-electron chi connectivity index (χ0n) is 9.36. The Labute approximate surface area is 95.6 Å². The molecule has 0 saturated heterocycles. The van der Waals surface area contributed by atoms with Crippen LogP contribution >= 0.6 is 7.37 Å². The Morgan fingerprint density at radius 1 is 1.50 bits per heavy atom.